The zero-order chi connectivity index (χ0) is 21.4. The van der Waals surface area contributed by atoms with Crippen LogP contribution in [0.25, 0.3) is 11.3 Å². The van der Waals surface area contributed by atoms with Gasteiger partial charge in [0.15, 0.2) is 5.11 Å². The molecule has 7 heteroatoms. The van der Waals surface area contributed by atoms with Crippen LogP contribution < -0.4 is 10.2 Å². The lowest BCUT2D eigenvalue weighted by Crippen LogP contribution is -2.29. The first-order valence-corrected chi connectivity index (χ1v) is 10.9. The average Bonchev–Trinajstić information content (AvgIpc) is 3.41. The van der Waals surface area contributed by atoms with Crippen LogP contribution in [0.2, 0.25) is 10.0 Å². The van der Waals surface area contributed by atoms with Crippen LogP contribution in [0.1, 0.15) is 23.5 Å². The molecule has 1 saturated heterocycles. The van der Waals surface area contributed by atoms with Crippen LogP contribution in [0.5, 0.6) is 0 Å². The quantitative estimate of drug-likeness (QED) is 0.334. The molecule has 4 aromatic rings. The molecule has 154 valence electrons. The van der Waals surface area contributed by atoms with Gasteiger partial charge in [0.25, 0.3) is 0 Å². The number of aromatic nitrogens is 1. The van der Waals surface area contributed by atoms with Crippen LogP contribution in [0, 0.1) is 0 Å². The van der Waals surface area contributed by atoms with E-state index in [1.54, 1.807) is 12.3 Å². The normalized spacial score (nSPS) is 18.3. The highest BCUT2D eigenvalue weighted by Gasteiger charge is 2.42. The van der Waals surface area contributed by atoms with Crippen LogP contribution in [-0.4, -0.2) is 10.1 Å². The standard InChI is InChI=1S/C24H17Cl2N3OS/c25-17-10-6-9-16(21(17)26)19-12-13-20(30-19)23-22(18-11-4-5-14-27-18)28-24(31)29(23)15-7-2-1-3-8-15/h1-14,22-23H,(H,28,31)/t22-,23+/m1/s1. The summed E-state index contributed by atoms with van der Waals surface area (Å²) in [6.45, 7) is 0. The third-order valence-electron chi connectivity index (χ3n) is 5.27. The van der Waals surface area contributed by atoms with Gasteiger partial charge in [-0.25, -0.2) is 0 Å². The molecular weight excluding hydrogens is 449 g/mol. The lowest BCUT2D eigenvalue weighted by molar-refractivity contribution is 0.439. The number of thiocarbonyl (C=S) groups is 1. The molecule has 0 spiro atoms. The Labute approximate surface area is 195 Å². The van der Waals surface area contributed by atoms with Crippen molar-refractivity contribution in [2.75, 3.05) is 4.90 Å². The largest absolute Gasteiger partial charge is 0.459 e. The Morgan fingerprint density at radius 2 is 1.71 bits per heavy atom. The van der Waals surface area contributed by atoms with E-state index in [0.717, 1.165) is 22.7 Å². The number of anilines is 1. The number of furan rings is 1. The molecule has 0 saturated carbocycles. The summed E-state index contributed by atoms with van der Waals surface area (Å²) in [6.07, 6.45) is 1.78. The maximum Gasteiger partial charge on any atom is 0.174 e. The molecule has 1 aliphatic heterocycles. The van der Waals surface area contributed by atoms with Gasteiger partial charge >= 0.3 is 0 Å². The lowest BCUT2D eigenvalue weighted by Gasteiger charge is -2.26. The number of hydrogen-bond acceptors (Lipinski definition) is 3. The molecule has 2 atom stereocenters. The van der Waals surface area contributed by atoms with Gasteiger partial charge in [0.2, 0.25) is 0 Å². The van der Waals surface area contributed by atoms with E-state index in [4.69, 9.17) is 39.8 Å². The minimum atomic E-state index is -0.225. The fourth-order valence-corrected chi connectivity index (χ4v) is 4.60. The Kier molecular flexibility index (Phi) is 5.40. The molecule has 0 aliphatic carbocycles. The Balaban J connectivity index is 1.61. The predicted octanol–water partition coefficient (Wildman–Crippen LogP) is 6.83. The number of benzene rings is 2. The van der Waals surface area contributed by atoms with Crippen molar-refractivity contribution in [2.24, 2.45) is 0 Å². The van der Waals surface area contributed by atoms with Crippen molar-refractivity contribution in [3.8, 4) is 11.3 Å². The van der Waals surface area contributed by atoms with Gasteiger partial charge in [-0.3, -0.25) is 4.98 Å². The van der Waals surface area contributed by atoms with Gasteiger partial charge < -0.3 is 14.6 Å². The van der Waals surface area contributed by atoms with Gasteiger partial charge in [0.05, 0.1) is 21.8 Å². The van der Waals surface area contributed by atoms with Crippen LogP contribution >= 0.6 is 35.4 Å². The van der Waals surface area contributed by atoms with Crippen molar-refractivity contribution >= 4 is 46.2 Å². The summed E-state index contributed by atoms with van der Waals surface area (Å²) in [5, 5.41) is 4.99. The first-order chi connectivity index (χ1) is 15.1. The van der Waals surface area contributed by atoms with E-state index in [9.17, 15) is 0 Å². The molecular formula is C24H17Cl2N3OS. The van der Waals surface area contributed by atoms with Crippen molar-refractivity contribution in [1.82, 2.24) is 10.3 Å². The monoisotopic (exact) mass is 465 g/mol. The Morgan fingerprint density at radius 3 is 2.48 bits per heavy atom. The number of rotatable bonds is 4. The summed E-state index contributed by atoms with van der Waals surface area (Å²) in [4.78, 5) is 6.63. The van der Waals surface area contributed by atoms with Crippen molar-refractivity contribution in [2.45, 2.75) is 12.1 Å². The molecule has 5 rings (SSSR count). The summed E-state index contributed by atoms with van der Waals surface area (Å²) in [7, 11) is 0. The lowest BCUT2D eigenvalue weighted by atomic mass is 10.0. The van der Waals surface area contributed by atoms with Gasteiger partial charge in [0.1, 0.15) is 17.6 Å². The maximum atomic E-state index is 6.42. The van der Waals surface area contributed by atoms with E-state index in [1.807, 2.05) is 72.8 Å². The number of pyridine rings is 1. The topological polar surface area (TPSA) is 41.3 Å². The molecule has 31 heavy (non-hydrogen) atoms. The first-order valence-electron chi connectivity index (χ1n) is 9.73. The van der Waals surface area contributed by atoms with E-state index < -0.39 is 0 Å². The fourth-order valence-electron chi connectivity index (χ4n) is 3.86. The molecule has 3 heterocycles. The number of hydrogen-bond donors (Lipinski definition) is 1. The van der Waals surface area contributed by atoms with E-state index >= 15 is 0 Å². The van der Waals surface area contributed by atoms with Crippen molar-refractivity contribution < 1.29 is 4.42 Å². The van der Waals surface area contributed by atoms with Crippen LogP contribution in [0.3, 0.4) is 0 Å². The van der Waals surface area contributed by atoms with E-state index in [-0.39, 0.29) is 12.1 Å². The molecule has 2 aromatic carbocycles. The summed E-state index contributed by atoms with van der Waals surface area (Å²) in [6, 6.07) is 24.8. The second-order valence-electron chi connectivity index (χ2n) is 7.14. The van der Waals surface area contributed by atoms with E-state index in [0.29, 0.717) is 20.9 Å². The van der Waals surface area contributed by atoms with Crippen molar-refractivity contribution in [3.63, 3.8) is 0 Å². The van der Waals surface area contributed by atoms with Gasteiger partial charge in [0, 0.05) is 17.4 Å². The SMILES string of the molecule is S=C1N[C@H](c2ccccn2)[C@H](c2ccc(-c3cccc(Cl)c3Cl)o2)N1c1ccccc1. The van der Waals surface area contributed by atoms with Crippen molar-refractivity contribution in [3.05, 3.63) is 107 Å². The zero-order valence-corrected chi connectivity index (χ0v) is 18.5. The minimum absolute atomic E-state index is 0.178. The molecule has 4 nitrogen and oxygen atoms in total. The highest BCUT2D eigenvalue weighted by atomic mass is 35.5. The second kappa shape index (κ2) is 8.35. The maximum absolute atomic E-state index is 6.42. The molecule has 0 amide bonds. The summed E-state index contributed by atoms with van der Waals surface area (Å²) in [5.41, 5.74) is 2.60. The molecule has 0 bridgehead atoms. The second-order valence-corrected chi connectivity index (χ2v) is 8.31. The number of nitrogens with zero attached hydrogens (tertiary/aromatic N) is 2. The van der Waals surface area contributed by atoms with Crippen LogP contribution in [0.4, 0.5) is 5.69 Å². The number of halogens is 2. The molecule has 0 radical (unpaired) electrons. The zero-order valence-electron chi connectivity index (χ0n) is 16.2. The predicted molar refractivity (Wildman–Crippen MR) is 129 cm³/mol. The van der Waals surface area contributed by atoms with Gasteiger partial charge in [-0.15, -0.1) is 0 Å². The third-order valence-corrected chi connectivity index (χ3v) is 6.40. The fraction of sp³-hybridized carbons (Fsp3) is 0.0833. The molecule has 0 unspecified atom stereocenters. The van der Waals surface area contributed by atoms with Gasteiger partial charge in [-0.05, 0) is 60.7 Å². The highest BCUT2D eigenvalue weighted by molar-refractivity contribution is 7.80. The highest BCUT2D eigenvalue weighted by Crippen LogP contribution is 2.43. The molecule has 1 N–H and O–H groups in total. The Hall–Kier alpha value is -2.86. The smallest absolute Gasteiger partial charge is 0.174 e. The Morgan fingerprint density at radius 1 is 0.903 bits per heavy atom. The number of nitrogens with one attached hydrogen (secondary N) is 1. The molecule has 1 aliphatic rings. The summed E-state index contributed by atoms with van der Waals surface area (Å²) >= 11 is 18.4. The summed E-state index contributed by atoms with van der Waals surface area (Å²) < 4.78 is 6.33. The van der Waals surface area contributed by atoms with Crippen LogP contribution in [-0.2, 0) is 0 Å². The minimum Gasteiger partial charge on any atom is -0.459 e. The number of para-hydroxylation sites is 1. The van der Waals surface area contributed by atoms with Gasteiger partial charge in [-0.1, -0.05) is 53.5 Å². The van der Waals surface area contributed by atoms with E-state index in [1.165, 1.54) is 0 Å². The van der Waals surface area contributed by atoms with Gasteiger partial charge in [-0.2, -0.15) is 0 Å². The van der Waals surface area contributed by atoms with Crippen molar-refractivity contribution in [1.29, 1.82) is 0 Å². The third kappa shape index (κ3) is 3.69. The summed E-state index contributed by atoms with van der Waals surface area (Å²) in [5.74, 6) is 1.39. The molecule has 1 fully saturated rings. The van der Waals surface area contributed by atoms with E-state index in [2.05, 4.69) is 15.2 Å². The molecule has 2 aromatic heterocycles. The average molecular weight is 466 g/mol. The van der Waals surface area contributed by atoms with Crippen LogP contribution in [0.15, 0.2) is 89.5 Å². The Bertz CT molecular complexity index is 1230. The first kappa shape index (κ1) is 20.1.